The van der Waals surface area contributed by atoms with E-state index in [1.54, 1.807) is 25.2 Å². The van der Waals surface area contributed by atoms with Crippen LogP contribution < -0.4 is 5.32 Å². The van der Waals surface area contributed by atoms with E-state index in [0.717, 1.165) is 11.1 Å². The number of hydrogen-bond donors (Lipinski definition) is 1. The fourth-order valence-corrected chi connectivity index (χ4v) is 3.34. The van der Waals surface area contributed by atoms with Crippen molar-refractivity contribution in [3.63, 3.8) is 0 Å². The highest BCUT2D eigenvalue weighted by molar-refractivity contribution is 7.89. The topological polar surface area (TPSA) is 62.6 Å². The van der Waals surface area contributed by atoms with Crippen molar-refractivity contribution in [1.82, 2.24) is 9.62 Å². The van der Waals surface area contributed by atoms with E-state index < -0.39 is 10.0 Å². The van der Waals surface area contributed by atoms with Gasteiger partial charge in [0.05, 0.1) is 17.4 Å². The summed E-state index contributed by atoms with van der Waals surface area (Å²) in [4.78, 5) is 0.225. The lowest BCUT2D eigenvalue weighted by Crippen LogP contribution is -2.26. The summed E-state index contributed by atoms with van der Waals surface area (Å²) in [5.74, 6) is 0. The van der Waals surface area contributed by atoms with Crippen molar-refractivity contribution in [2.45, 2.75) is 18.0 Å². The smallest absolute Gasteiger partial charge is 0.243 e. The molecule has 0 saturated carbocycles. The van der Waals surface area contributed by atoms with Gasteiger partial charge in [0, 0.05) is 30.7 Å². The van der Waals surface area contributed by atoms with Gasteiger partial charge in [-0.25, -0.2) is 8.42 Å². The maximum Gasteiger partial charge on any atom is 0.243 e. The van der Waals surface area contributed by atoms with Crippen LogP contribution in [0.5, 0.6) is 0 Å². The molecule has 0 aliphatic heterocycles. The molecule has 0 unspecified atom stereocenters. The standard InChI is InChI=1S/C14H17ClN2O3S/c1-16-8-12-7-13(3-4-14(12)15)21(18,19)17(2)9-11-5-6-20-10-11/h3-7,10,16H,8-9H2,1-2H3. The lowest BCUT2D eigenvalue weighted by Gasteiger charge is -2.17. The highest BCUT2D eigenvalue weighted by Gasteiger charge is 2.22. The average molecular weight is 329 g/mol. The molecule has 0 amide bonds. The van der Waals surface area contributed by atoms with Gasteiger partial charge in [0.15, 0.2) is 0 Å². The maximum atomic E-state index is 12.6. The Balaban J connectivity index is 2.28. The second-order valence-corrected chi connectivity index (χ2v) is 7.13. The first-order valence-electron chi connectivity index (χ1n) is 6.35. The third-order valence-electron chi connectivity index (χ3n) is 3.08. The molecule has 0 atom stereocenters. The van der Waals surface area contributed by atoms with Crippen molar-refractivity contribution >= 4 is 21.6 Å². The summed E-state index contributed by atoms with van der Waals surface area (Å²) in [6, 6.07) is 6.45. The highest BCUT2D eigenvalue weighted by Crippen LogP contribution is 2.23. The van der Waals surface area contributed by atoms with Gasteiger partial charge in [-0.15, -0.1) is 0 Å². The first-order chi connectivity index (χ1) is 9.95. The van der Waals surface area contributed by atoms with E-state index in [0.29, 0.717) is 11.6 Å². The Morgan fingerprint density at radius 3 is 2.71 bits per heavy atom. The molecule has 1 heterocycles. The van der Waals surface area contributed by atoms with Crippen molar-refractivity contribution in [3.8, 4) is 0 Å². The minimum Gasteiger partial charge on any atom is -0.472 e. The third-order valence-corrected chi connectivity index (χ3v) is 5.25. The lowest BCUT2D eigenvalue weighted by atomic mass is 10.2. The molecule has 0 saturated heterocycles. The summed E-state index contributed by atoms with van der Waals surface area (Å²) in [6.45, 7) is 0.760. The summed E-state index contributed by atoms with van der Waals surface area (Å²) < 4.78 is 31.4. The maximum absolute atomic E-state index is 12.6. The van der Waals surface area contributed by atoms with E-state index in [1.165, 1.54) is 29.9 Å². The highest BCUT2D eigenvalue weighted by atomic mass is 35.5. The molecule has 0 spiro atoms. The molecule has 1 aromatic heterocycles. The Morgan fingerprint density at radius 1 is 1.33 bits per heavy atom. The molecule has 114 valence electrons. The molecule has 7 heteroatoms. The normalized spacial score (nSPS) is 12.0. The summed E-state index contributed by atoms with van der Waals surface area (Å²) in [5, 5.41) is 3.51. The lowest BCUT2D eigenvalue weighted by molar-refractivity contribution is 0.463. The molecule has 21 heavy (non-hydrogen) atoms. The first kappa shape index (κ1) is 16.0. The molecular weight excluding hydrogens is 312 g/mol. The summed E-state index contributed by atoms with van der Waals surface area (Å²) in [6.07, 6.45) is 3.05. The number of rotatable bonds is 6. The molecule has 2 rings (SSSR count). The average Bonchev–Trinajstić information content (AvgIpc) is 2.94. The van der Waals surface area contributed by atoms with Crippen molar-refractivity contribution < 1.29 is 12.8 Å². The van der Waals surface area contributed by atoms with Crippen LogP contribution in [0.4, 0.5) is 0 Å². The number of sulfonamides is 1. The molecule has 5 nitrogen and oxygen atoms in total. The van der Waals surface area contributed by atoms with E-state index in [1.807, 2.05) is 0 Å². The predicted octanol–water partition coefficient (Wildman–Crippen LogP) is 2.47. The van der Waals surface area contributed by atoms with Crippen LogP contribution in [0, 0.1) is 0 Å². The molecule has 0 fully saturated rings. The predicted molar refractivity (Wildman–Crippen MR) is 81.6 cm³/mol. The Bertz CT molecular complexity index is 699. The minimum absolute atomic E-state index is 0.225. The Morgan fingerprint density at radius 2 is 2.10 bits per heavy atom. The fourth-order valence-electron chi connectivity index (χ4n) is 1.94. The molecule has 1 aromatic carbocycles. The number of nitrogens with one attached hydrogen (secondary N) is 1. The van der Waals surface area contributed by atoms with Gasteiger partial charge in [0.1, 0.15) is 0 Å². The van der Waals surface area contributed by atoms with Gasteiger partial charge in [0.2, 0.25) is 10.0 Å². The molecule has 2 aromatic rings. The van der Waals surface area contributed by atoms with Crippen LogP contribution in [0.25, 0.3) is 0 Å². The third kappa shape index (κ3) is 3.65. The zero-order valence-electron chi connectivity index (χ0n) is 11.8. The number of halogens is 1. The van der Waals surface area contributed by atoms with Crippen LogP contribution in [0.15, 0.2) is 46.1 Å². The van der Waals surface area contributed by atoms with Gasteiger partial charge in [-0.2, -0.15) is 4.31 Å². The van der Waals surface area contributed by atoms with Crippen LogP contribution in [0.1, 0.15) is 11.1 Å². The Labute approximate surface area is 129 Å². The Hall–Kier alpha value is -1.34. The molecule has 0 aliphatic rings. The van der Waals surface area contributed by atoms with Gasteiger partial charge >= 0.3 is 0 Å². The zero-order valence-corrected chi connectivity index (χ0v) is 13.4. The minimum atomic E-state index is -3.57. The molecule has 0 bridgehead atoms. The SMILES string of the molecule is CNCc1cc(S(=O)(=O)N(C)Cc2ccoc2)ccc1Cl. The van der Waals surface area contributed by atoms with E-state index in [-0.39, 0.29) is 11.4 Å². The fraction of sp³-hybridized carbons (Fsp3) is 0.286. The molecule has 0 radical (unpaired) electrons. The van der Waals surface area contributed by atoms with Gasteiger partial charge < -0.3 is 9.73 Å². The quantitative estimate of drug-likeness (QED) is 0.885. The van der Waals surface area contributed by atoms with E-state index >= 15 is 0 Å². The van der Waals surface area contributed by atoms with Crippen LogP contribution >= 0.6 is 11.6 Å². The molecule has 0 aliphatic carbocycles. The summed E-state index contributed by atoms with van der Waals surface area (Å²) in [5.41, 5.74) is 1.54. The first-order valence-corrected chi connectivity index (χ1v) is 8.17. The molecular formula is C14H17ClN2O3S. The van der Waals surface area contributed by atoms with E-state index in [9.17, 15) is 8.42 Å². The van der Waals surface area contributed by atoms with Gasteiger partial charge in [-0.3, -0.25) is 0 Å². The van der Waals surface area contributed by atoms with Gasteiger partial charge in [0.25, 0.3) is 0 Å². The largest absolute Gasteiger partial charge is 0.472 e. The van der Waals surface area contributed by atoms with E-state index in [4.69, 9.17) is 16.0 Å². The van der Waals surface area contributed by atoms with Crippen LogP contribution in [0.3, 0.4) is 0 Å². The van der Waals surface area contributed by atoms with Gasteiger partial charge in [-0.05, 0) is 36.9 Å². The number of furan rings is 1. The van der Waals surface area contributed by atoms with Crippen LogP contribution in [0.2, 0.25) is 5.02 Å². The zero-order chi connectivity index (χ0) is 15.5. The number of nitrogens with zero attached hydrogens (tertiary/aromatic N) is 1. The van der Waals surface area contributed by atoms with Gasteiger partial charge in [-0.1, -0.05) is 11.6 Å². The Kier molecular flexibility index (Phi) is 5.05. The second kappa shape index (κ2) is 6.62. The van der Waals surface area contributed by atoms with Crippen LogP contribution in [-0.4, -0.2) is 26.8 Å². The number of benzene rings is 1. The second-order valence-electron chi connectivity index (χ2n) is 4.68. The van der Waals surface area contributed by atoms with Crippen LogP contribution in [-0.2, 0) is 23.1 Å². The summed E-state index contributed by atoms with van der Waals surface area (Å²) in [7, 11) is -0.251. The number of hydrogen-bond acceptors (Lipinski definition) is 4. The van der Waals surface area contributed by atoms with E-state index in [2.05, 4.69) is 5.32 Å². The molecule has 1 N–H and O–H groups in total. The summed E-state index contributed by atoms with van der Waals surface area (Å²) >= 11 is 6.06. The van der Waals surface area contributed by atoms with Crippen molar-refractivity contribution in [2.75, 3.05) is 14.1 Å². The van der Waals surface area contributed by atoms with Crippen molar-refractivity contribution in [1.29, 1.82) is 0 Å². The van der Waals surface area contributed by atoms with Crippen molar-refractivity contribution in [2.24, 2.45) is 0 Å². The monoisotopic (exact) mass is 328 g/mol. The van der Waals surface area contributed by atoms with Crippen molar-refractivity contribution in [3.05, 3.63) is 52.9 Å².